The summed E-state index contributed by atoms with van der Waals surface area (Å²) in [4.78, 5) is 24.9. The number of ether oxygens (including phenoxy) is 5. The van der Waals surface area contributed by atoms with E-state index in [2.05, 4.69) is 31.0 Å². The molecule has 0 radical (unpaired) electrons. The Labute approximate surface area is 206 Å². The van der Waals surface area contributed by atoms with Crippen LogP contribution in [0.1, 0.15) is 65.7 Å². The molecule has 9 heteroatoms. The highest BCUT2D eigenvalue weighted by molar-refractivity contribution is 5.72. The third-order valence-corrected chi connectivity index (χ3v) is 6.73. The Kier molecular flexibility index (Phi) is 14.9. The van der Waals surface area contributed by atoms with Crippen LogP contribution in [0.5, 0.6) is 0 Å². The summed E-state index contributed by atoms with van der Waals surface area (Å²) < 4.78 is 28.1. The number of rotatable bonds is 7. The van der Waals surface area contributed by atoms with Crippen LogP contribution in [0.4, 0.5) is 0 Å². The molecular formula is C25H48N2O7. The zero-order valence-corrected chi connectivity index (χ0v) is 22.6. The molecule has 1 aliphatic rings. The monoisotopic (exact) mass is 488 g/mol. The van der Waals surface area contributed by atoms with Crippen molar-refractivity contribution in [3.05, 3.63) is 0 Å². The fourth-order valence-corrected chi connectivity index (χ4v) is 4.38. The highest BCUT2D eigenvalue weighted by Gasteiger charge is 2.32. The van der Waals surface area contributed by atoms with Gasteiger partial charge in [-0.3, -0.25) is 9.59 Å². The molecule has 9 nitrogen and oxygen atoms in total. The summed E-state index contributed by atoms with van der Waals surface area (Å²) in [6, 6.07) is 0. The van der Waals surface area contributed by atoms with Crippen molar-refractivity contribution >= 4 is 11.9 Å². The molecule has 5 unspecified atom stereocenters. The number of esters is 2. The average molecular weight is 489 g/mol. The molecule has 1 rings (SSSR count). The van der Waals surface area contributed by atoms with Crippen molar-refractivity contribution in [3.8, 4) is 0 Å². The zero-order chi connectivity index (χ0) is 25.7. The lowest BCUT2D eigenvalue weighted by Crippen LogP contribution is -2.40. The van der Waals surface area contributed by atoms with Gasteiger partial charge in [0.05, 0.1) is 12.5 Å². The highest BCUT2D eigenvalue weighted by atomic mass is 16.7. The number of hydrazine groups is 1. The molecule has 0 aromatic heterocycles. The van der Waals surface area contributed by atoms with E-state index in [-0.39, 0.29) is 43.1 Å². The predicted octanol–water partition coefficient (Wildman–Crippen LogP) is 3.26. The third kappa shape index (κ3) is 11.4. The van der Waals surface area contributed by atoms with Gasteiger partial charge in [0.2, 0.25) is 0 Å². The number of nitrogens with zero attached hydrogens (tertiary/aromatic N) is 2. The van der Waals surface area contributed by atoms with Crippen molar-refractivity contribution in [2.75, 3.05) is 48.5 Å². The molecule has 200 valence electrons. The Bertz CT molecular complexity index is 588. The van der Waals surface area contributed by atoms with Crippen LogP contribution in [-0.2, 0) is 33.3 Å². The molecule has 1 aliphatic heterocycles. The smallest absolute Gasteiger partial charge is 0.309 e. The van der Waals surface area contributed by atoms with Gasteiger partial charge in [-0.15, -0.1) is 0 Å². The lowest BCUT2D eigenvalue weighted by atomic mass is 9.85. The largest absolute Gasteiger partial charge is 0.463 e. The second-order valence-corrected chi connectivity index (χ2v) is 9.58. The maximum atomic E-state index is 12.7. The van der Waals surface area contributed by atoms with Crippen molar-refractivity contribution in [2.45, 2.75) is 90.3 Å². The van der Waals surface area contributed by atoms with E-state index >= 15 is 0 Å². The molecule has 0 spiro atoms. The number of methoxy groups -OCH3 is 3. The zero-order valence-electron chi connectivity index (χ0n) is 22.6. The van der Waals surface area contributed by atoms with Crippen molar-refractivity contribution in [3.63, 3.8) is 0 Å². The second-order valence-electron chi connectivity index (χ2n) is 9.58. The molecule has 0 aromatic carbocycles. The van der Waals surface area contributed by atoms with E-state index in [0.717, 1.165) is 25.9 Å². The summed E-state index contributed by atoms with van der Waals surface area (Å²) in [6.07, 6.45) is 2.46. The Morgan fingerprint density at radius 3 is 2.21 bits per heavy atom. The minimum Gasteiger partial charge on any atom is -0.463 e. The molecule has 0 aromatic rings. The van der Waals surface area contributed by atoms with Crippen LogP contribution in [0, 0.1) is 11.8 Å². The Morgan fingerprint density at radius 1 is 1.03 bits per heavy atom. The van der Waals surface area contributed by atoms with Gasteiger partial charge in [0.1, 0.15) is 12.2 Å². The summed E-state index contributed by atoms with van der Waals surface area (Å²) in [5.74, 6) is -0.0913. The van der Waals surface area contributed by atoms with Crippen LogP contribution in [0.25, 0.3) is 0 Å². The Balaban J connectivity index is 3.17. The Morgan fingerprint density at radius 2 is 1.65 bits per heavy atom. The lowest BCUT2D eigenvalue weighted by molar-refractivity contribution is -0.166. The first-order valence-corrected chi connectivity index (χ1v) is 12.5. The van der Waals surface area contributed by atoms with E-state index < -0.39 is 12.2 Å². The van der Waals surface area contributed by atoms with Crippen LogP contribution in [-0.4, -0.2) is 95.1 Å². The fourth-order valence-electron chi connectivity index (χ4n) is 4.38. The molecule has 0 saturated carbocycles. The van der Waals surface area contributed by atoms with Crippen molar-refractivity contribution < 1.29 is 33.3 Å². The molecule has 5 atom stereocenters. The van der Waals surface area contributed by atoms with Gasteiger partial charge in [-0.05, 0) is 44.4 Å². The number of hydrogen-bond donors (Lipinski definition) is 0. The Hall–Kier alpha value is -1.26. The van der Waals surface area contributed by atoms with E-state index in [1.807, 2.05) is 6.92 Å². The standard InChI is InChI=1S/C25H48N2O7/c1-9-23(28)34-22-17-24(29)33-19(3)11-13-27(5)26(4)12-10-18(2)14-20(15-21(22)30-6)16-25(31-7)32-8/h18-22,25H,9-17H2,1-8H3. The van der Waals surface area contributed by atoms with Crippen LogP contribution in [0.2, 0.25) is 0 Å². The van der Waals surface area contributed by atoms with Crippen LogP contribution in [0.3, 0.4) is 0 Å². The minimum absolute atomic E-state index is 0.0371. The molecular weight excluding hydrogens is 440 g/mol. The maximum absolute atomic E-state index is 12.7. The van der Waals surface area contributed by atoms with E-state index in [1.54, 1.807) is 28.3 Å². The summed E-state index contributed by atoms with van der Waals surface area (Å²) in [5, 5.41) is 4.39. The quantitative estimate of drug-likeness (QED) is 0.396. The molecule has 1 heterocycles. The molecule has 1 saturated heterocycles. The van der Waals surface area contributed by atoms with Crippen LogP contribution >= 0.6 is 0 Å². The van der Waals surface area contributed by atoms with Gasteiger partial charge in [0.15, 0.2) is 6.29 Å². The SMILES string of the molecule is CCC(=O)OC1CC(=O)OC(C)CCN(C)N(C)CCC(C)CC(CC(OC)OC)CC1OC. The summed E-state index contributed by atoms with van der Waals surface area (Å²) in [6.45, 7) is 7.60. The molecule has 0 N–H and O–H groups in total. The summed E-state index contributed by atoms with van der Waals surface area (Å²) >= 11 is 0. The van der Waals surface area contributed by atoms with E-state index in [0.29, 0.717) is 25.2 Å². The first-order chi connectivity index (χ1) is 16.1. The molecule has 0 aliphatic carbocycles. The van der Waals surface area contributed by atoms with Crippen molar-refractivity contribution in [1.82, 2.24) is 10.0 Å². The van der Waals surface area contributed by atoms with E-state index in [9.17, 15) is 9.59 Å². The number of cyclic esters (lactones) is 1. The van der Waals surface area contributed by atoms with Gasteiger partial charge < -0.3 is 23.7 Å². The highest BCUT2D eigenvalue weighted by Crippen LogP contribution is 2.29. The van der Waals surface area contributed by atoms with Crippen LogP contribution < -0.4 is 0 Å². The second kappa shape index (κ2) is 16.4. The van der Waals surface area contributed by atoms with E-state index in [4.69, 9.17) is 23.7 Å². The number of carbonyl (C=O) groups is 2. The molecule has 34 heavy (non-hydrogen) atoms. The topological polar surface area (TPSA) is 86.8 Å². The van der Waals surface area contributed by atoms with Gasteiger partial charge in [-0.2, -0.15) is 0 Å². The third-order valence-electron chi connectivity index (χ3n) is 6.73. The lowest BCUT2D eigenvalue weighted by Gasteiger charge is -2.33. The van der Waals surface area contributed by atoms with Crippen molar-refractivity contribution in [1.29, 1.82) is 0 Å². The van der Waals surface area contributed by atoms with Gasteiger partial charge in [0.25, 0.3) is 0 Å². The predicted molar refractivity (Wildman–Crippen MR) is 130 cm³/mol. The molecule has 0 amide bonds. The minimum atomic E-state index is -0.708. The summed E-state index contributed by atoms with van der Waals surface area (Å²) in [5.41, 5.74) is 0. The fraction of sp³-hybridized carbons (Fsp3) is 0.920. The van der Waals surface area contributed by atoms with E-state index in [1.165, 1.54) is 0 Å². The summed E-state index contributed by atoms with van der Waals surface area (Å²) in [7, 11) is 9.00. The average Bonchev–Trinajstić information content (AvgIpc) is 2.81. The van der Waals surface area contributed by atoms with Gasteiger partial charge in [-0.25, -0.2) is 10.0 Å². The molecule has 1 fully saturated rings. The number of carbonyl (C=O) groups excluding carboxylic acids is 2. The van der Waals surface area contributed by atoms with Crippen LogP contribution in [0.15, 0.2) is 0 Å². The maximum Gasteiger partial charge on any atom is 0.309 e. The van der Waals surface area contributed by atoms with Gasteiger partial charge in [-0.1, -0.05) is 13.8 Å². The normalized spacial score (nSPS) is 29.7. The van der Waals surface area contributed by atoms with Gasteiger partial charge in [0, 0.05) is 61.4 Å². The van der Waals surface area contributed by atoms with Gasteiger partial charge >= 0.3 is 11.9 Å². The van der Waals surface area contributed by atoms with Crippen molar-refractivity contribution in [2.24, 2.45) is 11.8 Å². The first-order valence-electron chi connectivity index (χ1n) is 12.5. The first kappa shape index (κ1) is 30.8. The molecule has 0 bridgehead atoms. The number of hydrogen-bond acceptors (Lipinski definition) is 9.